The molecular formula is C12H14N4O. The smallest absolute Gasteiger partial charge is 0.347 e. The highest BCUT2D eigenvalue weighted by Crippen LogP contribution is 2.05. The van der Waals surface area contributed by atoms with Crippen LogP contribution in [0.2, 0.25) is 0 Å². The third-order valence-electron chi connectivity index (χ3n) is 2.42. The fourth-order valence-electron chi connectivity index (χ4n) is 1.54. The minimum absolute atomic E-state index is 0.242. The van der Waals surface area contributed by atoms with Gasteiger partial charge in [-0.15, -0.1) is 0 Å². The molecular weight excluding hydrogens is 216 g/mol. The van der Waals surface area contributed by atoms with E-state index >= 15 is 0 Å². The average molecular weight is 230 g/mol. The minimum Gasteiger partial charge on any atom is -0.373 e. The summed E-state index contributed by atoms with van der Waals surface area (Å²) >= 11 is 0. The van der Waals surface area contributed by atoms with Gasteiger partial charge in [-0.05, 0) is 24.1 Å². The van der Waals surface area contributed by atoms with Gasteiger partial charge in [-0.3, -0.25) is 4.57 Å². The van der Waals surface area contributed by atoms with Gasteiger partial charge >= 0.3 is 5.69 Å². The van der Waals surface area contributed by atoms with Crippen LogP contribution in [0.15, 0.2) is 35.5 Å². The molecule has 0 unspecified atom stereocenters. The van der Waals surface area contributed by atoms with Crippen LogP contribution >= 0.6 is 0 Å². The van der Waals surface area contributed by atoms with Crippen LogP contribution in [0.5, 0.6) is 0 Å². The molecule has 2 aromatic heterocycles. The molecule has 17 heavy (non-hydrogen) atoms. The lowest BCUT2D eigenvalue weighted by molar-refractivity contribution is 0.719. The highest BCUT2D eigenvalue weighted by Gasteiger charge is 2.00. The molecule has 2 aromatic rings. The van der Waals surface area contributed by atoms with Crippen molar-refractivity contribution < 1.29 is 0 Å². The van der Waals surface area contributed by atoms with E-state index in [4.69, 9.17) is 0 Å². The number of aromatic nitrogens is 3. The first-order valence-electron chi connectivity index (χ1n) is 5.35. The van der Waals surface area contributed by atoms with Gasteiger partial charge in [-0.25, -0.2) is 14.8 Å². The maximum atomic E-state index is 11.5. The van der Waals surface area contributed by atoms with E-state index in [1.165, 1.54) is 0 Å². The quantitative estimate of drug-likeness (QED) is 0.855. The Balaban J connectivity index is 2.25. The van der Waals surface area contributed by atoms with E-state index < -0.39 is 0 Å². The molecule has 0 aliphatic carbocycles. The Morgan fingerprint density at radius 3 is 2.76 bits per heavy atom. The van der Waals surface area contributed by atoms with E-state index in [0.29, 0.717) is 6.54 Å². The molecule has 2 heterocycles. The molecule has 2 rings (SSSR count). The summed E-state index contributed by atoms with van der Waals surface area (Å²) in [6.07, 6.45) is 5.11. The summed E-state index contributed by atoms with van der Waals surface area (Å²) in [5, 5.41) is 2.95. The molecule has 0 aliphatic rings. The van der Waals surface area contributed by atoms with Crippen LogP contribution in [0, 0.1) is 6.92 Å². The molecule has 5 heteroatoms. The van der Waals surface area contributed by atoms with Gasteiger partial charge in [-0.1, -0.05) is 6.07 Å². The number of hydrogen-bond acceptors (Lipinski definition) is 4. The Morgan fingerprint density at radius 2 is 2.12 bits per heavy atom. The lowest BCUT2D eigenvalue weighted by atomic mass is 10.2. The zero-order valence-electron chi connectivity index (χ0n) is 9.84. The summed E-state index contributed by atoms with van der Waals surface area (Å²) in [6, 6.07) is 3.82. The maximum Gasteiger partial charge on any atom is 0.347 e. The summed E-state index contributed by atoms with van der Waals surface area (Å²) < 4.78 is 1.57. The molecule has 0 saturated heterocycles. The van der Waals surface area contributed by atoms with Gasteiger partial charge in [0.1, 0.15) is 5.82 Å². The normalized spacial score (nSPS) is 10.2. The highest BCUT2D eigenvalue weighted by atomic mass is 16.1. The summed E-state index contributed by atoms with van der Waals surface area (Å²) in [5.41, 5.74) is 1.69. The zero-order valence-corrected chi connectivity index (χ0v) is 9.84. The molecule has 0 aromatic carbocycles. The molecule has 0 spiro atoms. The summed E-state index contributed by atoms with van der Waals surface area (Å²) in [5.74, 6) is 0.809. The van der Waals surface area contributed by atoms with Crippen LogP contribution in [0.1, 0.15) is 11.1 Å². The third-order valence-corrected chi connectivity index (χ3v) is 2.42. The predicted octanol–water partition coefficient (Wildman–Crippen LogP) is 1.04. The molecule has 0 saturated carbocycles. The van der Waals surface area contributed by atoms with Gasteiger partial charge in [0.2, 0.25) is 0 Å². The van der Waals surface area contributed by atoms with Gasteiger partial charge in [0.25, 0.3) is 0 Å². The lowest BCUT2D eigenvalue weighted by Crippen LogP contribution is -2.22. The summed E-state index contributed by atoms with van der Waals surface area (Å²) in [7, 11) is 1.82. The van der Waals surface area contributed by atoms with Crippen LogP contribution in [0.4, 0.5) is 5.82 Å². The number of aryl methyl sites for hydroxylation is 1. The first-order valence-corrected chi connectivity index (χ1v) is 5.35. The van der Waals surface area contributed by atoms with Crippen molar-refractivity contribution >= 4 is 5.82 Å². The van der Waals surface area contributed by atoms with Gasteiger partial charge < -0.3 is 5.32 Å². The number of anilines is 1. The SMILES string of the molecule is CNc1ccc(Cn2cc(C)cnc2=O)cn1. The van der Waals surface area contributed by atoms with Crippen molar-refractivity contribution in [2.45, 2.75) is 13.5 Å². The second-order valence-electron chi connectivity index (χ2n) is 3.84. The fraction of sp³-hybridized carbons (Fsp3) is 0.250. The number of nitrogens with one attached hydrogen (secondary N) is 1. The first-order chi connectivity index (χ1) is 8.19. The van der Waals surface area contributed by atoms with Gasteiger partial charge in [0.05, 0.1) is 6.54 Å². The second kappa shape index (κ2) is 4.78. The lowest BCUT2D eigenvalue weighted by Gasteiger charge is -2.06. The van der Waals surface area contributed by atoms with Crippen molar-refractivity contribution in [2.24, 2.45) is 0 Å². The number of rotatable bonds is 3. The molecule has 5 nitrogen and oxygen atoms in total. The van der Waals surface area contributed by atoms with Crippen molar-refractivity contribution in [3.8, 4) is 0 Å². The second-order valence-corrected chi connectivity index (χ2v) is 3.84. The average Bonchev–Trinajstić information content (AvgIpc) is 2.35. The Bertz CT molecular complexity index is 559. The van der Waals surface area contributed by atoms with Crippen molar-refractivity contribution in [2.75, 3.05) is 12.4 Å². The third kappa shape index (κ3) is 2.69. The Morgan fingerprint density at radius 1 is 1.29 bits per heavy atom. The predicted molar refractivity (Wildman–Crippen MR) is 66.1 cm³/mol. The van der Waals surface area contributed by atoms with Crippen LogP contribution in [0.3, 0.4) is 0 Å². The molecule has 1 N–H and O–H groups in total. The molecule has 0 radical (unpaired) electrons. The van der Waals surface area contributed by atoms with Crippen molar-refractivity contribution in [1.82, 2.24) is 14.5 Å². The largest absolute Gasteiger partial charge is 0.373 e. The van der Waals surface area contributed by atoms with E-state index in [9.17, 15) is 4.79 Å². The minimum atomic E-state index is -0.242. The van der Waals surface area contributed by atoms with Crippen molar-refractivity contribution in [1.29, 1.82) is 0 Å². The van der Waals surface area contributed by atoms with E-state index in [1.807, 2.05) is 26.1 Å². The summed E-state index contributed by atoms with van der Waals surface area (Å²) in [4.78, 5) is 19.5. The number of nitrogens with zero attached hydrogens (tertiary/aromatic N) is 3. The van der Waals surface area contributed by atoms with Crippen molar-refractivity contribution in [3.05, 3.63) is 52.3 Å². The first kappa shape index (κ1) is 11.3. The van der Waals surface area contributed by atoms with Gasteiger partial charge in [0, 0.05) is 25.6 Å². The number of pyridine rings is 1. The molecule has 0 aliphatic heterocycles. The van der Waals surface area contributed by atoms with Crippen LogP contribution in [0.25, 0.3) is 0 Å². The van der Waals surface area contributed by atoms with Gasteiger partial charge in [-0.2, -0.15) is 0 Å². The molecule has 0 bridgehead atoms. The van der Waals surface area contributed by atoms with E-state index in [-0.39, 0.29) is 5.69 Å². The standard InChI is InChI=1S/C12H14N4O/c1-9-5-15-12(17)16(7-9)8-10-3-4-11(13-2)14-6-10/h3-7H,8H2,1-2H3,(H,13,14). The van der Waals surface area contributed by atoms with E-state index in [1.54, 1.807) is 23.2 Å². The van der Waals surface area contributed by atoms with Crippen LogP contribution < -0.4 is 11.0 Å². The van der Waals surface area contributed by atoms with Crippen LogP contribution in [-0.2, 0) is 6.54 Å². The zero-order chi connectivity index (χ0) is 12.3. The molecule has 0 atom stereocenters. The van der Waals surface area contributed by atoms with E-state index in [0.717, 1.165) is 16.9 Å². The highest BCUT2D eigenvalue weighted by molar-refractivity contribution is 5.34. The monoisotopic (exact) mass is 230 g/mol. The Kier molecular flexibility index (Phi) is 3.18. The number of hydrogen-bond donors (Lipinski definition) is 1. The van der Waals surface area contributed by atoms with Crippen molar-refractivity contribution in [3.63, 3.8) is 0 Å². The van der Waals surface area contributed by atoms with Gasteiger partial charge in [0.15, 0.2) is 0 Å². The Hall–Kier alpha value is -2.17. The van der Waals surface area contributed by atoms with Crippen LogP contribution in [-0.4, -0.2) is 21.6 Å². The fourth-order valence-corrected chi connectivity index (χ4v) is 1.54. The molecule has 0 fully saturated rings. The topological polar surface area (TPSA) is 59.8 Å². The van der Waals surface area contributed by atoms with E-state index in [2.05, 4.69) is 15.3 Å². The summed E-state index contributed by atoms with van der Waals surface area (Å²) in [6.45, 7) is 2.40. The molecule has 0 amide bonds. The maximum absolute atomic E-state index is 11.5. The Labute approximate surface area is 99.2 Å². The molecule has 88 valence electrons.